The van der Waals surface area contributed by atoms with Crippen LogP contribution in [0.2, 0.25) is 5.02 Å². The second kappa shape index (κ2) is 7.51. The zero-order valence-corrected chi connectivity index (χ0v) is 19.6. The summed E-state index contributed by atoms with van der Waals surface area (Å²) in [6.45, 7) is 2.07. The van der Waals surface area contributed by atoms with Crippen molar-refractivity contribution in [2.24, 2.45) is 5.92 Å². The molecule has 0 bridgehead atoms. The lowest BCUT2D eigenvalue weighted by molar-refractivity contribution is 0.427. The van der Waals surface area contributed by atoms with Crippen LogP contribution in [0.5, 0.6) is 0 Å². The van der Waals surface area contributed by atoms with Crippen molar-refractivity contribution in [3.63, 3.8) is 0 Å². The molecule has 1 N–H and O–H groups in total. The first kappa shape index (κ1) is 20.6. The maximum absolute atomic E-state index is 13.6. The Hall–Kier alpha value is -3.02. The predicted octanol–water partition coefficient (Wildman–Crippen LogP) is 6.67. The van der Waals surface area contributed by atoms with Gasteiger partial charge in [0.25, 0.3) is 10.0 Å². The van der Waals surface area contributed by atoms with Gasteiger partial charge in [-0.2, -0.15) is 0 Å². The van der Waals surface area contributed by atoms with E-state index < -0.39 is 10.0 Å². The SMILES string of the molecule is Cc1cc(Cl)cc2c1N[C@H](c1cn(S(=O)(=O)c3ccccc3)c3ccccc13)[C@@H]1CC=C[C@H]21. The summed E-state index contributed by atoms with van der Waals surface area (Å²) in [6, 6.07) is 20.4. The third kappa shape index (κ3) is 3.14. The van der Waals surface area contributed by atoms with Gasteiger partial charge in [0.15, 0.2) is 0 Å². The van der Waals surface area contributed by atoms with Crippen LogP contribution >= 0.6 is 11.6 Å². The molecule has 0 fully saturated rings. The lowest BCUT2D eigenvalue weighted by Gasteiger charge is -2.38. The predicted molar refractivity (Wildman–Crippen MR) is 134 cm³/mol. The van der Waals surface area contributed by atoms with Crippen LogP contribution in [0.15, 0.2) is 90.0 Å². The molecule has 2 aliphatic rings. The van der Waals surface area contributed by atoms with Crippen molar-refractivity contribution < 1.29 is 8.42 Å². The van der Waals surface area contributed by atoms with Gasteiger partial charge in [0.05, 0.1) is 16.5 Å². The molecule has 0 saturated carbocycles. The fourth-order valence-corrected chi connectivity index (χ4v) is 7.16. The lowest BCUT2D eigenvalue weighted by atomic mass is 9.76. The van der Waals surface area contributed by atoms with Crippen molar-refractivity contribution in [3.8, 4) is 0 Å². The second-order valence-corrected chi connectivity index (χ2v) is 11.1. The van der Waals surface area contributed by atoms with Crippen molar-refractivity contribution in [2.45, 2.75) is 30.2 Å². The number of fused-ring (bicyclic) bond motifs is 4. The standard InChI is InChI=1S/C27H23ClN2O2S/c1-17-14-18(28)15-23-20-11-7-12-22(20)27(29-26(17)23)24-16-30(25-13-6-5-10-21(24)25)33(31,32)19-8-3-2-4-9-19/h2-11,13-16,20,22,27,29H,12H2,1H3/t20-,22+,27-/m0/s1. The first-order chi connectivity index (χ1) is 15.9. The summed E-state index contributed by atoms with van der Waals surface area (Å²) in [5.74, 6) is 0.533. The lowest BCUT2D eigenvalue weighted by Crippen LogP contribution is -2.29. The Labute approximate surface area is 198 Å². The third-order valence-electron chi connectivity index (χ3n) is 6.97. The van der Waals surface area contributed by atoms with E-state index in [1.165, 1.54) is 9.54 Å². The molecule has 0 unspecified atom stereocenters. The van der Waals surface area contributed by atoms with Gasteiger partial charge in [-0.25, -0.2) is 12.4 Å². The zero-order chi connectivity index (χ0) is 22.7. The molecule has 166 valence electrons. The van der Waals surface area contributed by atoms with Crippen LogP contribution in [0.4, 0.5) is 5.69 Å². The Balaban J connectivity index is 1.55. The zero-order valence-electron chi connectivity index (χ0n) is 18.1. The van der Waals surface area contributed by atoms with E-state index in [4.69, 9.17) is 11.6 Å². The highest BCUT2D eigenvalue weighted by atomic mass is 35.5. The summed E-state index contributed by atoms with van der Waals surface area (Å²) in [7, 11) is -3.72. The van der Waals surface area contributed by atoms with Crippen molar-refractivity contribution >= 4 is 38.2 Å². The Morgan fingerprint density at radius 1 is 1.00 bits per heavy atom. The first-order valence-corrected chi connectivity index (χ1v) is 12.9. The topological polar surface area (TPSA) is 51.1 Å². The normalized spacial score (nSPS) is 21.6. The number of aryl methyl sites for hydroxylation is 1. The number of aromatic nitrogens is 1. The number of hydrogen-bond acceptors (Lipinski definition) is 3. The van der Waals surface area contributed by atoms with E-state index in [0.717, 1.165) is 33.6 Å². The van der Waals surface area contributed by atoms with Gasteiger partial charge < -0.3 is 5.32 Å². The molecule has 4 aromatic rings. The number of nitrogens with one attached hydrogen (secondary N) is 1. The summed E-state index contributed by atoms with van der Waals surface area (Å²) < 4.78 is 28.6. The second-order valence-electron chi connectivity index (χ2n) is 8.88. The Morgan fingerprint density at radius 2 is 1.76 bits per heavy atom. The summed E-state index contributed by atoms with van der Waals surface area (Å²) >= 11 is 6.39. The largest absolute Gasteiger partial charge is 0.377 e. The van der Waals surface area contributed by atoms with Gasteiger partial charge in [-0.1, -0.05) is 60.2 Å². The number of hydrogen-bond donors (Lipinski definition) is 1. The molecule has 1 aliphatic carbocycles. The van der Waals surface area contributed by atoms with E-state index >= 15 is 0 Å². The highest BCUT2D eigenvalue weighted by Crippen LogP contribution is 2.52. The van der Waals surface area contributed by atoms with Crippen LogP contribution in [0.1, 0.15) is 35.1 Å². The molecule has 6 rings (SSSR count). The number of benzene rings is 3. The van der Waals surface area contributed by atoms with Crippen molar-refractivity contribution in [1.82, 2.24) is 3.97 Å². The highest BCUT2D eigenvalue weighted by Gasteiger charge is 2.40. The summed E-state index contributed by atoms with van der Waals surface area (Å²) in [5.41, 5.74) is 5.11. The molecular formula is C27H23ClN2O2S. The van der Waals surface area contributed by atoms with Gasteiger partial charge in [0.2, 0.25) is 0 Å². The van der Waals surface area contributed by atoms with Crippen LogP contribution in [0.3, 0.4) is 0 Å². The fraction of sp³-hybridized carbons (Fsp3) is 0.185. The van der Waals surface area contributed by atoms with Gasteiger partial charge in [0.1, 0.15) is 0 Å². The minimum absolute atomic E-state index is 0.0190. The van der Waals surface area contributed by atoms with Crippen molar-refractivity contribution in [1.29, 1.82) is 0 Å². The van der Waals surface area contributed by atoms with Gasteiger partial charge in [0, 0.05) is 33.8 Å². The van der Waals surface area contributed by atoms with E-state index in [1.807, 2.05) is 42.6 Å². The van der Waals surface area contributed by atoms with Gasteiger partial charge in [-0.05, 0) is 60.7 Å². The molecule has 2 heterocycles. The van der Waals surface area contributed by atoms with Crippen LogP contribution < -0.4 is 5.32 Å². The number of rotatable bonds is 3. The number of allylic oxidation sites excluding steroid dienone is 2. The van der Waals surface area contributed by atoms with Crippen LogP contribution in [-0.2, 0) is 10.0 Å². The average Bonchev–Trinajstić information content (AvgIpc) is 3.45. The van der Waals surface area contributed by atoms with E-state index in [1.54, 1.807) is 24.3 Å². The van der Waals surface area contributed by atoms with Crippen LogP contribution in [-0.4, -0.2) is 12.4 Å². The molecule has 3 atom stereocenters. The number of nitrogens with zero attached hydrogens (tertiary/aromatic N) is 1. The van der Waals surface area contributed by atoms with E-state index in [9.17, 15) is 8.42 Å². The Morgan fingerprint density at radius 3 is 2.58 bits per heavy atom. The Bertz CT molecular complexity index is 1520. The van der Waals surface area contributed by atoms with Gasteiger partial charge in [-0.15, -0.1) is 0 Å². The molecule has 6 heteroatoms. The van der Waals surface area contributed by atoms with Gasteiger partial charge in [-0.3, -0.25) is 0 Å². The van der Waals surface area contributed by atoms with E-state index in [-0.39, 0.29) is 22.8 Å². The molecule has 0 amide bonds. The maximum atomic E-state index is 13.6. The fourth-order valence-electron chi connectivity index (χ4n) is 5.48. The molecule has 4 nitrogen and oxygen atoms in total. The molecule has 0 saturated heterocycles. The molecule has 1 aliphatic heterocycles. The molecular weight excluding hydrogens is 452 g/mol. The first-order valence-electron chi connectivity index (χ1n) is 11.1. The van der Waals surface area contributed by atoms with Crippen LogP contribution in [0.25, 0.3) is 10.9 Å². The Kier molecular flexibility index (Phi) is 4.68. The van der Waals surface area contributed by atoms with Crippen molar-refractivity contribution in [3.05, 3.63) is 107 Å². The summed E-state index contributed by atoms with van der Waals surface area (Å²) in [6.07, 6.45) is 7.25. The number of anilines is 1. The number of para-hydroxylation sites is 1. The number of halogens is 1. The van der Waals surface area contributed by atoms with E-state index in [0.29, 0.717) is 5.52 Å². The van der Waals surface area contributed by atoms with Crippen LogP contribution in [0, 0.1) is 12.8 Å². The summed E-state index contributed by atoms with van der Waals surface area (Å²) in [5, 5.41) is 5.47. The molecule has 1 aromatic heterocycles. The maximum Gasteiger partial charge on any atom is 0.268 e. The molecule has 3 aromatic carbocycles. The van der Waals surface area contributed by atoms with Gasteiger partial charge >= 0.3 is 0 Å². The summed E-state index contributed by atoms with van der Waals surface area (Å²) in [4.78, 5) is 0.283. The third-order valence-corrected chi connectivity index (χ3v) is 8.88. The minimum Gasteiger partial charge on any atom is -0.377 e. The highest BCUT2D eigenvalue weighted by molar-refractivity contribution is 7.90. The smallest absolute Gasteiger partial charge is 0.268 e. The molecule has 33 heavy (non-hydrogen) atoms. The average molecular weight is 475 g/mol. The quantitative estimate of drug-likeness (QED) is 0.337. The molecule has 0 radical (unpaired) electrons. The molecule has 0 spiro atoms. The van der Waals surface area contributed by atoms with E-state index in [2.05, 4.69) is 30.5 Å². The minimum atomic E-state index is -3.72. The van der Waals surface area contributed by atoms with Crippen molar-refractivity contribution in [2.75, 3.05) is 5.32 Å². The monoisotopic (exact) mass is 474 g/mol.